The summed E-state index contributed by atoms with van der Waals surface area (Å²) >= 11 is 1.89. The lowest BCUT2D eigenvalue weighted by Crippen LogP contribution is -2.32. The molecule has 1 atom stereocenters. The van der Waals surface area contributed by atoms with Gasteiger partial charge in [-0.25, -0.2) is 0 Å². The Morgan fingerprint density at radius 2 is 1.08 bits per heavy atom. The fourth-order valence-electron chi connectivity index (χ4n) is 7.69. The van der Waals surface area contributed by atoms with E-state index in [0.29, 0.717) is 0 Å². The first kappa shape index (κ1) is 29.7. The second kappa shape index (κ2) is 12.3. The SMILES string of the molecule is C1=CC(N(c2ccccc2)c2ccc(-c3cccc(-c4ccccc4)c3)cc2)Cc2c1sc1ccc(-c3ccc4c(c3)oc3ccccc34)cc21. The van der Waals surface area contributed by atoms with Crippen LogP contribution in [0.25, 0.3) is 71.5 Å². The predicted molar refractivity (Wildman–Crippen MR) is 217 cm³/mol. The highest BCUT2D eigenvalue weighted by Gasteiger charge is 2.26. The molecule has 0 amide bonds. The Hall–Kier alpha value is -6.16. The molecule has 242 valence electrons. The lowest BCUT2D eigenvalue weighted by molar-refractivity contribution is 0.669. The fraction of sp³-hybridized carbons (Fsp3) is 0.0417. The van der Waals surface area contributed by atoms with Crippen molar-refractivity contribution in [3.05, 3.63) is 186 Å². The number of nitrogens with zero attached hydrogens (tertiary/aromatic N) is 1. The Kier molecular flexibility index (Phi) is 7.18. The van der Waals surface area contributed by atoms with Gasteiger partial charge in [0, 0.05) is 31.7 Å². The van der Waals surface area contributed by atoms with Gasteiger partial charge < -0.3 is 9.32 Å². The van der Waals surface area contributed by atoms with E-state index in [1.54, 1.807) is 0 Å². The van der Waals surface area contributed by atoms with E-state index >= 15 is 0 Å². The van der Waals surface area contributed by atoms with Crippen LogP contribution in [0.2, 0.25) is 0 Å². The first-order chi connectivity index (χ1) is 25.2. The molecule has 0 spiro atoms. The van der Waals surface area contributed by atoms with Crippen LogP contribution in [-0.4, -0.2) is 6.04 Å². The number of furan rings is 1. The molecule has 0 saturated heterocycles. The molecule has 1 aliphatic carbocycles. The Morgan fingerprint density at radius 3 is 1.90 bits per heavy atom. The van der Waals surface area contributed by atoms with E-state index < -0.39 is 0 Å². The molecule has 10 rings (SSSR count). The molecule has 1 unspecified atom stereocenters. The summed E-state index contributed by atoms with van der Waals surface area (Å²) in [5, 5.41) is 3.66. The van der Waals surface area contributed by atoms with E-state index in [9.17, 15) is 0 Å². The second-order valence-corrected chi connectivity index (χ2v) is 14.4. The third-order valence-electron chi connectivity index (χ3n) is 10.2. The van der Waals surface area contributed by atoms with Gasteiger partial charge >= 0.3 is 0 Å². The summed E-state index contributed by atoms with van der Waals surface area (Å²) in [5.41, 5.74) is 12.9. The number of hydrogen-bond acceptors (Lipinski definition) is 3. The minimum atomic E-state index is 0.167. The summed E-state index contributed by atoms with van der Waals surface area (Å²) in [6.45, 7) is 0. The Labute approximate surface area is 301 Å². The van der Waals surface area contributed by atoms with Gasteiger partial charge in [0.1, 0.15) is 11.2 Å². The molecule has 0 N–H and O–H groups in total. The van der Waals surface area contributed by atoms with Gasteiger partial charge in [0.2, 0.25) is 0 Å². The maximum absolute atomic E-state index is 6.25. The van der Waals surface area contributed by atoms with Crippen LogP contribution in [0.1, 0.15) is 10.4 Å². The zero-order chi connectivity index (χ0) is 33.7. The van der Waals surface area contributed by atoms with Crippen molar-refractivity contribution in [2.75, 3.05) is 4.90 Å². The summed E-state index contributed by atoms with van der Waals surface area (Å²) in [5.74, 6) is 0. The summed E-state index contributed by atoms with van der Waals surface area (Å²) < 4.78 is 7.57. The van der Waals surface area contributed by atoms with Crippen LogP contribution in [-0.2, 0) is 6.42 Å². The van der Waals surface area contributed by atoms with Gasteiger partial charge in [0.25, 0.3) is 0 Å². The summed E-state index contributed by atoms with van der Waals surface area (Å²) in [7, 11) is 0. The van der Waals surface area contributed by atoms with Crippen LogP contribution in [0.4, 0.5) is 11.4 Å². The van der Waals surface area contributed by atoms with E-state index in [1.165, 1.54) is 65.3 Å². The molecule has 7 aromatic carbocycles. The largest absolute Gasteiger partial charge is 0.456 e. The van der Waals surface area contributed by atoms with E-state index in [2.05, 4.69) is 175 Å². The topological polar surface area (TPSA) is 16.4 Å². The Bertz CT molecular complexity index is 2720. The zero-order valence-corrected chi connectivity index (χ0v) is 28.7. The average molecular weight is 672 g/mol. The van der Waals surface area contributed by atoms with E-state index in [-0.39, 0.29) is 6.04 Å². The van der Waals surface area contributed by atoms with Crippen LogP contribution in [0.5, 0.6) is 0 Å². The highest BCUT2D eigenvalue weighted by molar-refractivity contribution is 7.20. The molecule has 3 heteroatoms. The van der Waals surface area contributed by atoms with Crippen molar-refractivity contribution < 1.29 is 4.42 Å². The van der Waals surface area contributed by atoms with E-state index in [4.69, 9.17) is 4.42 Å². The van der Waals surface area contributed by atoms with Crippen molar-refractivity contribution in [1.29, 1.82) is 0 Å². The van der Waals surface area contributed by atoms with Crippen molar-refractivity contribution in [2.45, 2.75) is 12.5 Å². The highest BCUT2D eigenvalue weighted by atomic mass is 32.1. The summed E-state index contributed by atoms with van der Waals surface area (Å²) in [6.07, 6.45) is 5.65. The number of anilines is 2. The van der Waals surface area contributed by atoms with Crippen LogP contribution < -0.4 is 4.90 Å². The molecule has 2 nitrogen and oxygen atoms in total. The van der Waals surface area contributed by atoms with Gasteiger partial charge in [0.15, 0.2) is 0 Å². The summed E-state index contributed by atoms with van der Waals surface area (Å²) in [4.78, 5) is 3.85. The standard InChI is InChI=1S/C48H33NOS/c1-3-10-32(11-4-1)34-12-9-13-35(28-34)33-18-22-39(23-19-33)49(38-14-5-2-6-15-38)40-24-27-48-44(31-40)43-29-36(21-26-47(43)51-48)37-20-25-42-41-16-7-8-17-45(41)50-46(42)30-37/h1-30,40H,31H2. The number of para-hydroxylation sites is 2. The number of rotatable bonds is 6. The van der Waals surface area contributed by atoms with Crippen LogP contribution >= 0.6 is 11.3 Å². The zero-order valence-electron chi connectivity index (χ0n) is 27.9. The number of fused-ring (bicyclic) bond motifs is 6. The summed E-state index contributed by atoms with van der Waals surface area (Å²) in [6, 6.07) is 61.3. The molecule has 0 saturated carbocycles. The van der Waals surface area contributed by atoms with Crippen molar-refractivity contribution >= 4 is 60.8 Å². The number of thiophene rings is 1. The first-order valence-corrected chi connectivity index (χ1v) is 18.3. The lowest BCUT2D eigenvalue weighted by Gasteiger charge is -2.34. The van der Waals surface area contributed by atoms with Crippen molar-refractivity contribution in [2.24, 2.45) is 0 Å². The molecular formula is C48H33NOS. The fourth-order valence-corrected chi connectivity index (χ4v) is 8.82. The minimum absolute atomic E-state index is 0.167. The number of benzene rings is 7. The quantitative estimate of drug-likeness (QED) is 0.175. The third-order valence-corrected chi connectivity index (χ3v) is 11.4. The van der Waals surface area contributed by atoms with Crippen molar-refractivity contribution in [1.82, 2.24) is 0 Å². The highest BCUT2D eigenvalue weighted by Crippen LogP contribution is 2.42. The maximum Gasteiger partial charge on any atom is 0.136 e. The molecule has 0 radical (unpaired) electrons. The molecule has 51 heavy (non-hydrogen) atoms. The maximum atomic E-state index is 6.25. The molecule has 0 fully saturated rings. The first-order valence-electron chi connectivity index (χ1n) is 17.5. The average Bonchev–Trinajstić information content (AvgIpc) is 3.76. The van der Waals surface area contributed by atoms with Gasteiger partial charge in [-0.3, -0.25) is 0 Å². The molecule has 9 aromatic rings. The molecule has 0 bridgehead atoms. The van der Waals surface area contributed by atoms with E-state index in [1.807, 2.05) is 23.5 Å². The van der Waals surface area contributed by atoms with Crippen LogP contribution in [0.15, 0.2) is 180 Å². The molecule has 2 heterocycles. The lowest BCUT2D eigenvalue weighted by atomic mass is 9.93. The Morgan fingerprint density at radius 1 is 0.471 bits per heavy atom. The second-order valence-electron chi connectivity index (χ2n) is 13.3. The van der Waals surface area contributed by atoms with Crippen molar-refractivity contribution in [3.8, 4) is 33.4 Å². The predicted octanol–water partition coefficient (Wildman–Crippen LogP) is 13.6. The van der Waals surface area contributed by atoms with Crippen LogP contribution in [0.3, 0.4) is 0 Å². The van der Waals surface area contributed by atoms with Gasteiger partial charge in [-0.05, 0) is 117 Å². The van der Waals surface area contributed by atoms with Crippen LogP contribution in [0, 0.1) is 0 Å². The Balaban J connectivity index is 0.989. The van der Waals surface area contributed by atoms with Crippen molar-refractivity contribution in [3.63, 3.8) is 0 Å². The van der Waals surface area contributed by atoms with E-state index in [0.717, 1.165) is 28.4 Å². The molecule has 1 aliphatic rings. The molecule has 2 aromatic heterocycles. The molecular weight excluding hydrogens is 639 g/mol. The molecule has 0 aliphatic heterocycles. The van der Waals surface area contributed by atoms with Gasteiger partial charge in [-0.15, -0.1) is 11.3 Å². The minimum Gasteiger partial charge on any atom is -0.456 e. The monoisotopic (exact) mass is 671 g/mol. The third kappa shape index (κ3) is 5.34. The normalized spacial score (nSPS) is 13.9. The van der Waals surface area contributed by atoms with Gasteiger partial charge in [-0.1, -0.05) is 115 Å². The van der Waals surface area contributed by atoms with Gasteiger partial charge in [-0.2, -0.15) is 0 Å². The number of hydrogen-bond donors (Lipinski definition) is 0. The smallest absolute Gasteiger partial charge is 0.136 e. The van der Waals surface area contributed by atoms with Gasteiger partial charge in [0.05, 0.1) is 6.04 Å².